The molecule has 0 aliphatic heterocycles. The molecule has 1 rings (SSSR count). The van der Waals surface area contributed by atoms with Crippen molar-refractivity contribution in [3.63, 3.8) is 0 Å². The van der Waals surface area contributed by atoms with E-state index in [4.69, 9.17) is 9.47 Å². The van der Waals surface area contributed by atoms with E-state index in [9.17, 15) is 4.79 Å². The van der Waals surface area contributed by atoms with Crippen molar-refractivity contribution in [2.75, 3.05) is 26.4 Å². The number of ether oxygens (including phenoxy) is 2. The van der Waals surface area contributed by atoms with Crippen LogP contribution < -0.4 is 5.32 Å². The van der Waals surface area contributed by atoms with Gasteiger partial charge in [-0.3, -0.25) is 4.79 Å². The average Bonchev–Trinajstić information content (AvgIpc) is 3.12. The van der Waals surface area contributed by atoms with Crippen LogP contribution >= 0.6 is 0 Å². The quantitative estimate of drug-likeness (QED) is 0.469. The summed E-state index contributed by atoms with van der Waals surface area (Å²) in [5, 5.41) is 3.16. The monoisotopic (exact) mass is 243 g/mol. The fraction of sp³-hybridized carbons (Fsp3) is 0.923. The van der Waals surface area contributed by atoms with Crippen LogP contribution in [-0.4, -0.2) is 38.4 Å². The van der Waals surface area contributed by atoms with Crippen LogP contribution in [0.25, 0.3) is 0 Å². The average molecular weight is 243 g/mol. The second kappa shape index (κ2) is 8.48. The molecule has 4 nitrogen and oxygen atoms in total. The second-order valence-corrected chi connectivity index (χ2v) is 4.57. The molecule has 0 radical (unpaired) electrons. The Morgan fingerprint density at radius 3 is 2.76 bits per heavy atom. The third-order valence-electron chi connectivity index (χ3n) is 2.86. The summed E-state index contributed by atoms with van der Waals surface area (Å²) < 4.78 is 10.6. The van der Waals surface area contributed by atoms with Crippen molar-refractivity contribution < 1.29 is 14.3 Å². The number of carbonyl (C=O) groups is 1. The van der Waals surface area contributed by atoms with Gasteiger partial charge in [0.25, 0.3) is 0 Å². The molecule has 1 fully saturated rings. The number of hydrogen-bond acceptors (Lipinski definition) is 4. The Labute approximate surface area is 104 Å². The highest BCUT2D eigenvalue weighted by Crippen LogP contribution is 2.32. The molecule has 4 heteroatoms. The minimum atomic E-state index is -0.311. The Morgan fingerprint density at radius 2 is 2.18 bits per heavy atom. The summed E-state index contributed by atoms with van der Waals surface area (Å²) in [5.41, 5.74) is 0. The number of nitrogens with one attached hydrogen (secondary N) is 1. The molecule has 0 spiro atoms. The number of hydrogen-bond donors (Lipinski definition) is 1. The zero-order valence-corrected chi connectivity index (χ0v) is 11.0. The zero-order valence-electron chi connectivity index (χ0n) is 11.0. The Kier molecular flexibility index (Phi) is 7.21. The lowest BCUT2D eigenvalue weighted by Gasteiger charge is -2.16. The fourth-order valence-electron chi connectivity index (χ4n) is 1.63. The van der Waals surface area contributed by atoms with Crippen molar-refractivity contribution in [2.24, 2.45) is 5.92 Å². The van der Waals surface area contributed by atoms with Crippen LogP contribution in [0.5, 0.6) is 0 Å². The van der Waals surface area contributed by atoms with Gasteiger partial charge >= 0.3 is 5.97 Å². The van der Waals surface area contributed by atoms with Crippen molar-refractivity contribution in [1.82, 2.24) is 5.32 Å². The van der Waals surface area contributed by atoms with Gasteiger partial charge in [0.2, 0.25) is 0 Å². The Hall–Kier alpha value is -0.610. The van der Waals surface area contributed by atoms with E-state index in [1.807, 2.05) is 6.92 Å². The maximum atomic E-state index is 11.6. The van der Waals surface area contributed by atoms with Gasteiger partial charge in [0.15, 0.2) is 0 Å². The summed E-state index contributed by atoms with van der Waals surface area (Å²) >= 11 is 0. The molecule has 1 aliphatic carbocycles. The molecule has 100 valence electrons. The van der Waals surface area contributed by atoms with E-state index in [1.165, 1.54) is 12.8 Å². The van der Waals surface area contributed by atoms with Gasteiger partial charge in [0.1, 0.15) is 6.04 Å². The standard InChI is InChI=1S/C13H25NO3/c1-3-8-14-12(13(15)17-4-2)10-16-9-7-11-5-6-11/h11-12,14H,3-10H2,1-2H3. The van der Waals surface area contributed by atoms with E-state index < -0.39 is 0 Å². The highest BCUT2D eigenvalue weighted by molar-refractivity contribution is 5.75. The van der Waals surface area contributed by atoms with Crippen LogP contribution in [0.15, 0.2) is 0 Å². The molecular weight excluding hydrogens is 218 g/mol. The highest BCUT2D eigenvalue weighted by atomic mass is 16.5. The van der Waals surface area contributed by atoms with E-state index in [0.29, 0.717) is 13.2 Å². The molecule has 0 aromatic rings. The topological polar surface area (TPSA) is 47.6 Å². The number of carbonyl (C=O) groups excluding carboxylic acids is 1. The van der Waals surface area contributed by atoms with E-state index >= 15 is 0 Å². The molecule has 1 atom stereocenters. The number of esters is 1. The summed E-state index contributed by atoms with van der Waals surface area (Å²) in [6.07, 6.45) is 4.82. The van der Waals surface area contributed by atoms with Gasteiger partial charge in [0.05, 0.1) is 13.2 Å². The van der Waals surface area contributed by atoms with Crippen LogP contribution in [-0.2, 0) is 14.3 Å². The van der Waals surface area contributed by atoms with Gasteiger partial charge in [-0.2, -0.15) is 0 Å². The molecule has 1 unspecified atom stereocenters. The first kappa shape index (κ1) is 14.5. The minimum Gasteiger partial charge on any atom is -0.465 e. The normalized spacial score (nSPS) is 16.8. The van der Waals surface area contributed by atoms with Crippen molar-refractivity contribution >= 4 is 5.97 Å². The van der Waals surface area contributed by atoms with E-state index in [-0.39, 0.29) is 12.0 Å². The van der Waals surface area contributed by atoms with Gasteiger partial charge < -0.3 is 14.8 Å². The van der Waals surface area contributed by atoms with E-state index in [1.54, 1.807) is 0 Å². The van der Waals surface area contributed by atoms with Crippen LogP contribution in [0, 0.1) is 5.92 Å². The SMILES string of the molecule is CCCNC(COCCC1CC1)C(=O)OCC. The lowest BCUT2D eigenvalue weighted by atomic mass is 10.3. The lowest BCUT2D eigenvalue weighted by Crippen LogP contribution is -2.42. The molecule has 1 N–H and O–H groups in total. The molecule has 0 aromatic heterocycles. The molecular formula is C13H25NO3. The first-order chi connectivity index (χ1) is 8.27. The Balaban J connectivity index is 2.15. The molecule has 0 amide bonds. The predicted molar refractivity (Wildman–Crippen MR) is 66.9 cm³/mol. The minimum absolute atomic E-state index is 0.202. The molecule has 17 heavy (non-hydrogen) atoms. The summed E-state index contributed by atoms with van der Waals surface area (Å²) in [6.45, 7) is 6.31. The van der Waals surface area contributed by atoms with Crippen molar-refractivity contribution in [3.05, 3.63) is 0 Å². The van der Waals surface area contributed by atoms with Gasteiger partial charge in [-0.15, -0.1) is 0 Å². The van der Waals surface area contributed by atoms with Crippen LogP contribution in [0.1, 0.15) is 39.5 Å². The maximum Gasteiger partial charge on any atom is 0.325 e. The van der Waals surface area contributed by atoms with Gasteiger partial charge in [0, 0.05) is 6.61 Å². The van der Waals surface area contributed by atoms with Crippen molar-refractivity contribution in [2.45, 2.75) is 45.6 Å². The number of rotatable bonds is 10. The lowest BCUT2D eigenvalue weighted by molar-refractivity contribution is -0.147. The Morgan fingerprint density at radius 1 is 1.41 bits per heavy atom. The molecule has 0 bridgehead atoms. The summed E-state index contributed by atoms with van der Waals surface area (Å²) in [4.78, 5) is 11.6. The summed E-state index contributed by atoms with van der Waals surface area (Å²) in [5.74, 6) is 0.673. The molecule has 1 saturated carbocycles. The third kappa shape index (κ3) is 6.64. The maximum absolute atomic E-state index is 11.6. The predicted octanol–water partition coefficient (Wildman–Crippen LogP) is 1.73. The molecule has 1 aliphatic rings. The largest absolute Gasteiger partial charge is 0.465 e. The Bertz CT molecular complexity index is 217. The summed E-state index contributed by atoms with van der Waals surface area (Å²) in [6, 6.07) is -0.311. The van der Waals surface area contributed by atoms with Crippen LogP contribution in [0.3, 0.4) is 0 Å². The van der Waals surface area contributed by atoms with Gasteiger partial charge in [-0.1, -0.05) is 19.8 Å². The van der Waals surface area contributed by atoms with Gasteiger partial charge in [-0.25, -0.2) is 0 Å². The highest BCUT2D eigenvalue weighted by Gasteiger charge is 2.22. The first-order valence-corrected chi connectivity index (χ1v) is 6.75. The van der Waals surface area contributed by atoms with E-state index in [0.717, 1.165) is 31.9 Å². The molecule has 0 heterocycles. The van der Waals surface area contributed by atoms with Gasteiger partial charge in [-0.05, 0) is 32.2 Å². The first-order valence-electron chi connectivity index (χ1n) is 6.75. The third-order valence-corrected chi connectivity index (χ3v) is 2.86. The van der Waals surface area contributed by atoms with Crippen LogP contribution in [0.4, 0.5) is 0 Å². The second-order valence-electron chi connectivity index (χ2n) is 4.57. The van der Waals surface area contributed by atoms with Crippen LogP contribution in [0.2, 0.25) is 0 Å². The molecule has 0 saturated heterocycles. The van der Waals surface area contributed by atoms with Crippen molar-refractivity contribution in [1.29, 1.82) is 0 Å². The smallest absolute Gasteiger partial charge is 0.325 e. The zero-order chi connectivity index (χ0) is 12.5. The molecule has 0 aromatic carbocycles. The van der Waals surface area contributed by atoms with E-state index in [2.05, 4.69) is 12.2 Å². The fourth-order valence-corrected chi connectivity index (χ4v) is 1.63. The van der Waals surface area contributed by atoms with Crippen molar-refractivity contribution in [3.8, 4) is 0 Å². The summed E-state index contributed by atoms with van der Waals surface area (Å²) in [7, 11) is 0.